The second kappa shape index (κ2) is 7.57. The first-order valence-electron chi connectivity index (χ1n) is 8.03. The van der Waals surface area contributed by atoms with Gasteiger partial charge in [-0.2, -0.15) is 0 Å². The topological polar surface area (TPSA) is 54.0 Å². The Morgan fingerprint density at radius 1 is 1.00 bits per heavy atom. The largest absolute Gasteiger partial charge is 0.352 e. The number of carbonyl (C=O) groups excluding carboxylic acids is 1. The number of hydrogen-bond acceptors (Lipinski definition) is 3. The second-order valence-electron chi connectivity index (χ2n) is 5.54. The van der Waals surface area contributed by atoms with Gasteiger partial charge in [-0.25, -0.2) is 9.37 Å². The Kier molecular flexibility index (Phi) is 5.04. The van der Waals surface area contributed by atoms with Gasteiger partial charge in [-0.1, -0.05) is 31.2 Å². The van der Waals surface area contributed by atoms with Crippen molar-refractivity contribution in [3.05, 3.63) is 83.9 Å². The van der Waals surface area contributed by atoms with E-state index in [1.807, 2.05) is 24.3 Å². The summed E-state index contributed by atoms with van der Waals surface area (Å²) in [6, 6.07) is 17.3. The molecular weight excluding hydrogens is 317 g/mol. The fourth-order valence-electron chi connectivity index (χ4n) is 2.34. The van der Waals surface area contributed by atoms with Crippen LogP contribution in [0.2, 0.25) is 0 Å². The van der Waals surface area contributed by atoms with Crippen molar-refractivity contribution in [2.45, 2.75) is 13.3 Å². The number of anilines is 3. The molecule has 126 valence electrons. The van der Waals surface area contributed by atoms with Crippen molar-refractivity contribution in [1.29, 1.82) is 0 Å². The number of pyridine rings is 1. The Morgan fingerprint density at radius 2 is 1.72 bits per heavy atom. The number of aryl methyl sites for hydroxylation is 1. The van der Waals surface area contributed by atoms with E-state index in [0.29, 0.717) is 17.1 Å². The number of para-hydroxylation sites is 1. The third kappa shape index (κ3) is 4.20. The lowest BCUT2D eigenvalue weighted by Gasteiger charge is -2.08. The van der Waals surface area contributed by atoms with Gasteiger partial charge in [-0.05, 0) is 48.4 Å². The molecule has 0 aliphatic rings. The summed E-state index contributed by atoms with van der Waals surface area (Å²) in [4.78, 5) is 16.4. The normalized spacial score (nSPS) is 10.3. The lowest BCUT2D eigenvalue weighted by Crippen LogP contribution is -2.13. The van der Waals surface area contributed by atoms with Gasteiger partial charge in [0.15, 0.2) is 0 Å². The van der Waals surface area contributed by atoms with Crippen molar-refractivity contribution in [1.82, 2.24) is 4.98 Å². The van der Waals surface area contributed by atoms with Crippen molar-refractivity contribution in [2.24, 2.45) is 0 Å². The molecule has 1 heterocycles. The third-order valence-corrected chi connectivity index (χ3v) is 3.77. The number of aromatic nitrogens is 1. The maximum absolute atomic E-state index is 13.6. The summed E-state index contributed by atoms with van der Waals surface area (Å²) in [6.45, 7) is 2.08. The highest BCUT2D eigenvalue weighted by Gasteiger charge is 2.08. The fraction of sp³-hybridized carbons (Fsp3) is 0.100. The molecule has 1 aromatic heterocycles. The molecule has 0 fully saturated rings. The summed E-state index contributed by atoms with van der Waals surface area (Å²) in [5, 5.41) is 5.74. The number of halogens is 1. The zero-order chi connectivity index (χ0) is 17.6. The first-order valence-corrected chi connectivity index (χ1v) is 8.03. The smallest absolute Gasteiger partial charge is 0.274 e. The number of carbonyl (C=O) groups is 1. The van der Waals surface area contributed by atoms with Gasteiger partial charge in [-0.3, -0.25) is 4.79 Å². The van der Waals surface area contributed by atoms with E-state index in [4.69, 9.17) is 0 Å². The van der Waals surface area contributed by atoms with Crippen molar-refractivity contribution in [3.8, 4) is 0 Å². The fourth-order valence-corrected chi connectivity index (χ4v) is 2.34. The highest BCUT2D eigenvalue weighted by molar-refractivity contribution is 6.02. The predicted octanol–water partition coefficient (Wildman–Crippen LogP) is 4.78. The van der Waals surface area contributed by atoms with E-state index in [1.54, 1.807) is 30.3 Å². The molecule has 0 spiro atoms. The van der Waals surface area contributed by atoms with Crippen LogP contribution in [-0.4, -0.2) is 10.9 Å². The number of amides is 1. The molecule has 3 aromatic rings. The summed E-state index contributed by atoms with van der Waals surface area (Å²) < 4.78 is 13.6. The number of rotatable bonds is 5. The zero-order valence-corrected chi connectivity index (χ0v) is 13.8. The highest BCUT2D eigenvalue weighted by Crippen LogP contribution is 2.19. The average molecular weight is 335 g/mol. The van der Waals surface area contributed by atoms with Gasteiger partial charge in [-0.15, -0.1) is 0 Å². The first-order chi connectivity index (χ1) is 12.2. The minimum atomic E-state index is -0.347. The van der Waals surface area contributed by atoms with E-state index < -0.39 is 0 Å². The van der Waals surface area contributed by atoms with Crippen LogP contribution in [0, 0.1) is 5.82 Å². The van der Waals surface area contributed by atoms with Crippen LogP contribution < -0.4 is 10.6 Å². The van der Waals surface area contributed by atoms with Crippen LogP contribution in [0.3, 0.4) is 0 Å². The van der Waals surface area contributed by atoms with E-state index in [-0.39, 0.29) is 11.7 Å². The van der Waals surface area contributed by atoms with Crippen molar-refractivity contribution < 1.29 is 9.18 Å². The van der Waals surface area contributed by atoms with E-state index in [9.17, 15) is 9.18 Å². The maximum Gasteiger partial charge on any atom is 0.274 e. The Hall–Kier alpha value is -3.21. The number of hydrogen-bond donors (Lipinski definition) is 2. The molecule has 3 rings (SSSR count). The summed E-state index contributed by atoms with van der Waals surface area (Å²) in [6.07, 6.45) is 2.45. The molecule has 0 aliphatic carbocycles. The van der Waals surface area contributed by atoms with Gasteiger partial charge in [0.05, 0.1) is 17.6 Å². The summed E-state index contributed by atoms with van der Waals surface area (Å²) in [5.74, 6) is -0.637. The van der Waals surface area contributed by atoms with E-state index in [2.05, 4.69) is 22.5 Å². The van der Waals surface area contributed by atoms with Gasteiger partial charge in [0.1, 0.15) is 11.5 Å². The summed E-state index contributed by atoms with van der Waals surface area (Å²) in [7, 11) is 0. The predicted molar refractivity (Wildman–Crippen MR) is 97.7 cm³/mol. The molecule has 0 atom stereocenters. The third-order valence-electron chi connectivity index (χ3n) is 3.77. The second-order valence-corrected chi connectivity index (χ2v) is 5.54. The lowest BCUT2D eigenvalue weighted by atomic mass is 10.1. The van der Waals surface area contributed by atoms with Gasteiger partial charge in [0, 0.05) is 5.69 Å². The quantitative estimate of drug-likeness (QED) is 0.705. The number of nitrogens with one attached hydrogen (secondary N) is 2. The maximum atomic E-state index is 13.6. The van der Waals surface area contributed by atoms with Gasteiger partial charge < -0.3 is 10.6 Å². The first kappa shape index (κ1) is 16.6. The molecule has 0 saturated carbocycles. The molecule has 0 bridgehead atoms. The Labute approximate surface area is 145 Å². The summed E-state index contributed by atoms with van der Waals surface area (Å²) >= 11 is 0. The average Bonchev–Trinajstić information content (AvgIpc) is 2.65. The van der Waals surface area contributed by atoms with Crippen molar-refractivity contribution in [2.75, 3.05) is 10.6 Å². The van der Waals surface area contributed by atoms with Crippen LogP contribution in [-0.2, 0) is 6.42 Å². The molecule has 4 nitrogen and oxygen atoms in total. The Balaban J connectivity index is 1.66. The van der Waals surface area contributed by atoms with Crippen molar-refractivity contribution in [3.63, 3.8) is 0 Å². The molecule has 1 amide bonds. The SMILES string of the molecule is CCc1ccc(NC(=O)c2ccc(Nc3ccccc3F)cn2)cc1. The number of nitrogens with zero attached hydrogens (tertiary/aromatic N) is 1. The molecule has 0 radical (unpaired) electrons. The van der Waals surface area contributed by atoms with Gasteiger partial charge in [0.2, 0.25) is 0 Å². The molecule has 25 heavy (non-hydrogen) atoms. The molecular formula is C20H18FN3O. The van der Waals surface area contributed by atoms with Crippen LogP contribution in [0.4, 0.5) is 21.5 Å². The van der Waals surface area contributed by atoms with Crippen LogP contribution in [0.25, 0.3) is 0 Å². The molecule has 0 aliphatic heterocycles. The molecule has 0 unspecified atom stereocenters. The van der Waals surface area contributed by atoms with Crippen molar-refractivity contribution >= 4 is 23.0 Å². The lowest BCUT2D eigenvalue weighted by molar-refractivity contribution is 0.102. The highest BCUT2D eigenvalue weighted by atomic mass is 19.1. The van der Waals surface area contributed by atoms with E-state index in [0.717, 1.165) is 12.1 Å². The summed E-state index contributed by atoms with van der Waals surface area (Å²) in [5.41, 5.74) is 3.18. The Bertz CT molecular complexity index is 861. The Morgan fingerprint density at radius 3 is 2.36 bits per heavy atom. The minimum absolute atomic E-state index is 0.290. The van der Waals surface area contributed by atoms with Crippen LogP contribution in [0.15, 0.2) is 66.9 Å². The minimum Gasteiger partial charge on any atom is -0.352 e. The number of benzene rings is 2. The molecule has 5 heteroatoms. The van der Waals surface area contributed by atoms with Gasteiger partial charge >= 0.3 is 0 Å². The van der Waals surface area contributed by atoms with Crippen LogP contribution in [0.1, 0.15) is 23.0 Å². The zero-order valence-electron chi connectivity index (χ0n) is 13.8. The molecule has 2 N–H and O–H groups in total. The van der Waals surface area contributed by atoms with E-state index in [1.165, 1.54) is 17.8 Å². The van der Waals surface area contributed by atoms with Gasteiger partial charge in [0.25, 0.3) is 5.91 Å². The van der Waals surface area contributed by atoms with Crippen LogP contribution >= 0.6 is 0 Å². The monoisotopic (exact) mass is 335 g/mol. The van der Waals surface area contributed by atoms with E-state index >= 15 is 0 Å². The molecule has 0 saturated heterocycles. The standard InChI is InChI=1S/C20H18FN3O/c1-2-14-7-9-15(10-8-14)24-20(25)19-12-11-16(13-22-19)23-18-6-4-3-5-17(18)21/h3-13,23H,2H2,1H3,(H,24,25). The molecule has 2 aromatic carbocycles. The van der Waals surface area contributed by atoms with Crippen LogP contribution in [0.5, 0.6) is 0 Å².